The van der Waals surface area contributed by atoms with E-state index >= 15 is 0 Å². The van der Waals surface area contributed by atoms with E-state index in [4.69, 9.17) is 16.3 Å². The van der Waals surface area contributed by atoms with E-state index in [1.807, 2.05) is 19.1 Å². The van der Waals surface area contributed by atoms with Crippen LogP contribution in [0.5, 0.6) is 5.75 Å². The predicted molar refractivity (Wildman–Crippen MR) is 77.8 cm³/mol. The Balaban J connectivity index is 2.21. The molecule has 106 valence electrons. The Hall–Kier alpha value is -1.58. The van der Waals surface area contributed by atoms with Crippen molar-refractivity contribution in [1.29, 1.82) is 0 Å². The lowest BCUT2D eigenvalue weighted by Crippen LogP contribution is -2.04. The van der Waals surface area contributed by atoms with Crippen LogP contribution in [0.15, 0.2) is 36.4 Å². The normalized spacial score (nSPS) is 12.2. The summed E-state index contributed by atoms with van der Waals surface area (Å²) in [5.41, 5.74) is 2.25. The number of hydrogen-bond donors (Lipinski definition) is 1. The molecule has 0 fully saturated rings. The van der Waals surface area contributed by atoms with Gasteiger partial charge in [-0.3, -0.25) is 0 Å². The number of hydrogen-bond acceptors (Lipinski definition) is 2. The van der Waals surface area contributed by atoms with Crippen LogP contribution < -0.4 is 4.74 Å². The highest BCUT2D eigenvalue weighted by molar-refractivity contribution is 6.32. The molecule has 0 saturated heterocycles. The fourth-order valence-corrected chi connectivity index (χ4v) is 2.35. The number of ether oxygens (including phenoxy) is 1. The zero-order chi connectivity index (χ0) is 14.7. The van der Waals surface area contributed by atoms with E-state index in [0.717, 1.165) is 5.56 Å². The summed E-state index contributed by atoms with van der Waals surface area (Å²) in [5.74, 6) is -0.246. The number of aryl methyl sites for hydroxylation is 1. The molecule has 0 amide bonds. The Morgan fingerprint density at radius 2 is 2.05 bits per heavy atom. The van der Waals surface area contributed by atoms with Gasteiger partial charge in [-0.05, 0) is 35.7 Å². The first kappa shape index (κ1) is 14.8. The van der Waals surface area contributed by atoms with Crippen LogP contribution in [0.4, 0.5) is 4.39 Å². The van der Waals surface area contributed by atoms with Gasteiger partial charge in [0.1, 0.15) is 0 Å². The maximum Gasteiger partial charge on any atom is 0.165 e. The monoisotopic (exact) mass is 294 g/mol. The van der Waals surface area contributed by atoms with Gasteiger partial charge in [0.25, 0.3) is 0 Å². The second-order valence-electron chi connectivity index (χ2n) is 4.67. The summed E-state index contributed by atoms with van der Waals surface area (Å²) in [6.45, 7) is 1.88. The van der Waals surface area contributed by atoms with E-state index in [1.165, 1.54) is 13.2 Å². The standard InChI is InChI=1S/C16H16ClFO2/c1-10-4-3-5-12(16(10)17)14(19)9-11-6-7-15(20-2)13(18)8-11/h3-8,14,19H,9H2,1-2H3. The summed E-state index contributed by atoms with van der Waals surface area (Å²) in [6, 6.07) is 10.1. The minimum atomic E-state index is -0.768. The second-order valence-corrected chi connectivity index (χ2v) is 5.04. The molecule has 2 rings (SSSR count). The second kappa shape index (κ2) is 6.25. The molecular formula is C16H16ClFO2. The third-order valence-electron chi connectivity index (χ3n) is 3.23. The minimum Gasteiger partial charge on any atom is -0.494 e. The predicted octanol–water partition coefficient (Wildman–Crippen LogP) is 4.07. The molecule has 0 saturated carbocycles. The molecule has 0 aromatic heterocycles. The Bertz CT molecular complexity index is 613. The van der Waals surface area contributed by atoms with Crippen molar-refractivity contribution in [2.45, 2.75) is 19.4 Å². The number of benzene rings is 2. The van der Waals surface area contributed by atoms with Crippen molar-refractivity contribution in [2.24, 2.45) is 0 Å². The molecule has 2 aromatic carbocycles. The Morgan fingerprint density at radius 3 is 2.70 bits per heavy atom. The van der Waals surface area contributed by atoms with E-state index < -0.39 is 11.9 Å². The number of halogens is 2. The van der Waals surface area contributed by atoms with Gasteiger partial charge >= 0.3 is 0 Å². The van der Waals surface area contributed by atoms with Crippen LogP contribution in [0.2, 0.25) is 5.02 Å². The van der Waals surface area contributed by atoms with Crippen LogP contribution in [0.1, 0.15) is 22.8 Å². The summed E-state index contributed by atoms with van der Waals surface area (Å²) in [6.07, 6.45) is -0.473. The van der Waals surface area contributed by atoms with Crippen molar-refractivity contribution in [2.75, 3.05) is 7.11 Å². The Morgan fingerprint density at radius 1 is 1.30 bits per heavy atom. The first-order chi connectivity index (χ1) is 9.52. The van der Waals surface area contributed by atoms with E-state index in [9.17, 15) is 9.50 Å². The van der Waals surface area contributed by atoms with Gasteiger partial charge in [-0.25, -0.2) is 4.39 Å². The quantitative estimate of drug-likeness (QED) is 0.921. The highest BCUT2D eigenvalue weighted by Gasteiger charge is 2.14. The fraction of sp³-hybridized carbons (Fsp3) is 0.250. The van der Waals surface area contributed by atoms with Crippen molar-refractivity contribution < 1.29 is 14.2 Å². The van der Waals surface area contributed by atoms with Crippen LogP contribution in [0.25, 0.3) is 0 Å². The number of methoxy groups -OCH3 is 1. The molecule has 0 aliphatic rings. The van der Waals surface area contributed by atoms with Crippen LogP contribution >= 0.6 is 11.6 Å². The summed E-state index contributed by atoms with van der Waals surface area (Å²) < 4.78 is 18.5. The lowest BCUT2D eigenvalue weighted by atomic mass is 9.99. The van der Waals surface area contributed by atoms with Gasteiger partial charge in [-0.15, -0.1) is 0 Å². The molecule has 0 radical (unpaired) electrons. The molecule has 2 aromatic rings. The SMILES string of the molecule is COc1ccc(CC(O)c2cccc(C)c2Cl)cc1F. The topological polar surface area (TPSA) is 29.5 Å². The molecule has 1 unspecified atom stereocenters. The average Bonchev–Trinajstić information content (AvgIpc) is 2.42. The number of rotatable bonds is 4. The summed E-state index contributed by atoms with van der Waals surface area (Å²) in [7, 11) is 1.42. The molecule has 0 aliphatic carbocycles. The first-order valence-electron chi connectivity index (χ1n) is 6.28. The van der Waals surface area contributed by atoms with E-state index in [1.54, 1.807) is 18.2 Å². The van der Waals surface area contributed by atoms with Crippen LogP contribution in [-0.4, -0.2) is 12.2 Å². The first-order valence-corrected chi connectivity index (χ1v) is 6.66. The van der Waals surface area contributed by atoms with Gasteiger partial charge < -0.3 is 9.84 Å². The zero-order valence-electron chi connectivity index (χ0n) is 11.4. The lowest BCUT2D eigenvalue weighted by molar-refractivity contribution is 0.178. The van der Waals surface area contributed by atoms with E-state index in [2.05, 4.69) is 0 Å². The van der Waals surface area contributed by atoms with Crippen LogP contribution in [0, 0.1) is 12.7 Å². The minimum absolute atomic E-state index is 0.192. The summed E-state index contributed by atoms with van der Waals surface area (Å²) in [4.78, 5) is 0. The van der Waals surface area contributed by atoms with Crippen molar-refractivity contribution in [1.82, 2.24) is 0 Å². The van der Waals surface area contributed by atoms with Crippen molar-refractivity contribution >= 4 is 11.6 Å². The van der Waals surface area contributed by atoms with Crippen LogP contribution in [-0.2, 0) is 6.42 Å². The summed E-state index contributed by atoms with van der Waals surface area (Å²) >= 11 is 6.18. The molecule has 1 N–H and O–H groups in total. The van der Waals surface area contributed by atoms with Gasteiger partial charge in [0, 0.05) is 11.4 Å². The molecule has 0 spiro atoms. The van der Waals surface area contributed by atoms with Gasteiger partial charge in [0.05, 0.1) is 13.2 Å². The smallest absolute Gasteiger partial charge is 0.165 e. The van der Waals surface area contributed by atoms with E-state index in [-0.39, 0.29) is 5.75 Å². The third kappa shape index (κ3) is 3.11. The maximum atomic E-state index is 13.6. The van der Waals surface area contributed by atoms with Gasteiger partial charge in [-0.2, -0.15) is 0 Å². The summed E-state index contributed by atoms with van der Waals surface area (Å²) in [5, 5.41) is 10.8. The van der Waals surface area contributed by atoms with Crippen LogP contribution in [0.3, 0.4) is 0 Å². The van der Waals surface area contributed by atoms with Crippen molar-refractivity contribution in [3.8, 4) is 5.75 Å². The molecule has 0 bridgehead atoms. The largest absolute Gasteiger partial charge is 0.494 e. The average molecular weight is 295 g/mol. The van der Waals surface area contributed by atoms with Gasteiger partial charge in [-0.1, -0.05) is 35.9 Å². The Kier molecular flexibility index (Phi) is 4.63. The highest BCUT2D eigenvalue weighted by atomic mass is 35.5. The highest BCUT2D eigenvalue weighted by Crippen LogP contribution is 2.29. The molecule has 1 atom stereocenters. The van der Waals surface area contributed by atoms with Crippen molar-refractivity contribution in [3.63, 3.8) is 0 Å². The van der Waals surface area contributed by atoms with Gasteiger partial charge in [0.15, 0.2) is 11.6 Å². The number of aliphatic hydroxyl groups excluding tert-OH is 1. The van der Waals surface area contributed by atoms with E-state index in [0.29, 0.717) is 22.6 Å². The molecule has 0 heterocycles. The third-order valence-corrected chi connectivity index (χ3v) is 3.74. The molecule has 0 aliphatic heterocycles. The molecule has 20 heavy (non-hydrogen) atoms. The molecular weight excluding hydrogens is 279 g/mol. The number of aliphatic hydroxyl groups is 1. The Labute approximate surface area is 122 Å². The molecule has 2 nitrogen and oxygen atoms in total. The van der Waals surface area contributed by atoms with Crippen molar-refractivity contribution in [3.05, 3.63) is 63.9 Å². The van der Waals surface area contributed by atoms with Gasteiger partial charge in [0.2, 0.25) is 0 Å². The maximum absolute atomic E-state index is 13.6. The zero-order valence-corrected chi connectivity index (χ0v) is 12.1. The lowest BCUT2D eigenvalue weighted by Gasteiger charge is -2.14. The molecule has 4 heteroatoms. The fourth-order valence-electron chi connectivity index (χ4n) is 2.10.